The molecule has 0 bridgehead atoms. The highest BCUT2D eigenvalue weighted by Gasteiger charge is 2.01. The van der Waals surface area contributed by atoms with Crippen LogP contribution in [0.15, 0.2) is 30.5 Å². The van der Waals surface area contributed by atoms with Gasteiger partial charge in [-0.2, -0.15) is 0 Å². The predicted molar refractivity (Wildman–Crippen MR) is 60.4 cm³/mol. The Kier molecular flexibility index (Phi) is 2.92. The minimum absolute atomic E-state index is 0.723. The Morgan fingerprint density at radius 1 is 1.20 bits per heavy atom. The molecule has 1 heterocycles. The maximum Gasteiger partial charge on any atom is 0.120 e. The summed E-state index contributed by atoms with van der Waals surface area (Å²) in [6.45, 7) is 1.59. The van der Waals surface area contributed by atoms with Crippen LogP contribution in [-0.4, -0.2) is 25.4 Å². The number of benzene rings is 1. The summed E-state index contributed by atoms with van der Waals surface area (Å²) in [4.78, 5) is 0. The van der Waals surface area contributed by atoms with Crippen molar-refractivity contribution in [2.75, 3.05) is 20.8 Å². The molecule has 0 aliphatic heterocycles. The van der Waals surface area contributed by atoms with Gasteiger partial charge in [-0.05, 0) is 23.6 Å². The van der Waals surface area contributed by atoms with Gasteiger partial charge in [0.15, 0.2) is 0 Å². The fraction of sp³-hybridized carbons (Fsp3) is 0.333. The second-order valence-corrected chi connectivity index (χ2v) is 3.43. The number of rotatable bonds is 4. The average Bonchev–Trinajstić information content (AvgIpc) is 2.68. The van der Waals surface area contributed by atoms with E-state index in [1.54, 1.807) is 14.2 Å². The van der Waals surface area contributed by atoms with E-state index in [9.17, 15) is 0 Å². The van der Waals surface area contributed by atoms with Crippen LogP contribution in [0.25, 0.3) is 10.9 Å². The van der Waals surface area contributed by atoms with Gasteiger partial charge in [0, 0.05) is 25.9 Å². The Morgan fingerprint density at radius 3 is 2.80 bits per heavy atom. The molecule has 0 atom stereocenters. The van der Waals surface area contributed by atoms with Crippen molar-refractivity contribution in [3.05, 3.63) is 30.5 Å². The monoisotopic (exact) mass is 205 g/mol. The maximum atomic E-state index is 5.21. The molecule has 0 aliphatic carbocycles. The molecule has 2 aromatic rings. The van der Waals surface area contributed by atoms with Gasteiger partial charge in [0.2, 0.25) is 0 Å². The molecule has 0 saturated carbocycles. The van der Waals surface area contributed by atoms with Gasteiger partial charge in [-0.1, -0.05) is 0 Å². The van der Waals surface area contributed by atoms with E-state index >= 15 is 0 Å². The average molecular weight is 205 g/mol. The minimum Gasteiger partial charge on any atom is -0.497 e. The van der Waals surface area contributed by atoms with Gasteiger partial charge < -0.3 is 14.0 Å². The van der Waals surface area contributed by atoms with Crippen LogP contribution < -0.4 is 4.74 Å². The Hall–Kier alpha value is -1.48. The molecule has 0 saturated heterocycles. The van der Waals surface area contributed by atoms with E-state index in [-0.39, 0.29) is 0 Å². The summed E-state index contributed by atoms with van der Waals surface area (Å²) in [5, 5.41) is 1.23. The number of fused-ring (bicyclic) bond motifs is 1. The number of nitrogens with zero attached hydrogens (tertiary/aromatic N) is 1. The largest absolute Gasteiger partial charge is 0.497 e. The molecule has 80 valence electrons. The van der Waals surface area contributed by atoms with Gasteiger partial charge >= 0.3 is 0 Å². The molecule has 2 rings (SSSR count). The quantitative estimate of drug-likeness (QED) is 0.764. The van der Waals surface area contributed by atoms with Crippen molar-refractivity contribution < 1.29 is 9.47 Å². The first-order valence-electron chi connectivity index (χ1n) is 4.97. The van der Waals surface area contributed by atoms with E-state index in [1.165, 1.54) is 10.9 Å². The van der Waals surface area contributed by atoms with Crippen molar-refractivity contribution in [1.82, 2.24) is 4.57 Å². The third-order valence-electron chi connectivity index (χ3n) is 2.52. The van der Waals surface area contributed by atoms with Crippen molar-refractivity contribution in [2.24, 2.45) is 0 Å². The van der Waals surface area contributed by atoms with Crippen LogP contribution in [0.1, 0.15) is 0 Å². The molecule has 0 spiro atoms. The van der Waals surface area contributed by atoms with Gasteiger partial charge in [-0.25, -0.2) is 0 Å². The zero-order valence-electron chi connectivity index (χ0n) is 9.06. The lowest BCUT2D eigenvalue weighted by atomic mass is 10.2. The Morgan fingerprint density at radius 2 is 2.07 bits per heavy atom. The van der Waals surface area contributed by atoms with Crippen LogP contribution in [0.3, 0.4) is 0 Å². The highest BCUT2D eigenvalue weighted by molar-refractivity contribution is 5.81. The van der Waals surface area contributed by atoms with Gasteiger partial charge in [0.05, 0.1) is 19.2 Å². The van der Waals surface area contributed by atoms with Crippen molar-refractivity contribution in [1.29, 1.82) is 0 Å². The predicted octanol–water partition coefficient (Wildman–Crippen LogP) is 2.30. The minimum atomic E-state index is 0.723. The fourth-order valence-electron chi connectivity index (χ4n) is 1.68. The molecule has 15 heavy (non-hydrogen) atoms. The van der Waals surface area contributed by atoms with E-state index in [4.69, 9.17) is 9.47 Å². The highest BCUT2D eigenvalue weighted by atomic mass is 16.5. The van der Waals surface area contributed by atoms with Crippen LogP contribution in [0.2, 0.25) is 0 Å². The van der Waals surface area contributed by atoms with Crippen LogP contribution in [0.4, 0.5) is 0 Å². The number of ether oxygens (including phenoxy) is 2. The molecule has 3 nitrogen and oxygen atoms in total. The molecule has 0 unspecified atom stereocenters. The summed E-state index contributed by atoms with van der Waals surface area (Å²) < 4.78 is 12.4. The number of methoxy groups -OCH3 is 2. The van der Waals surface area contributed by atoms with Crippen LogP contribution >= 0.6 is 0 Å². The smallest absolute Gasteiger partial charge is 0.120 e. The maximum absolute atomic E-state index is 5.21. The van der Waals surface area contributed by atoms with Crippen molar-refractivity contribution in [3.63, 3.8) is 0 Å². The summed E-state index contributed by atoms with van der Waals surface area (Å²) in [6.07, 6.45) is 2.07. The summed E-state index contributed by atoms with van der Waals surface area (Å²) >= 11 is 0. The number of hydrogen-bond donors (Lipinski definition) is 0. The van der Waals surface area contributed by atoms with Crippen molar-refractivity contribution >= 4 is 10.9 Å². The Bertz CT molecular complexity index is 448. The molecule has 0 amide bonds. The van der Waals surface area contributed by atoms with Gasteiger partial charge in [0.25, 0.3) is 0 Å². The van der Waals surface area contributed by atoms with E-state index < -0.39 is 0 Å². The molecule has 0 aliphatic rings. The van der Waals surface area contributed by atoms with Crippen LogP contribution in [-0.2, 0) is 11.3 Å². The molecular formula is C12H15NO2. The molecule has 0 N–H and O–H groups in total. The summed E-state index contributed by atoms with van der Waals surface area (Å²) in [7, 11) is 3.40. The highest BCUT2D eigenvalue weighted by Crippen LogP contribution is 2.21. The fourth-order valence-corrected chi connectivity index (χ4v) is 1.68. The number of aromatic nitrogens is 1. The van der Waals surface area contributed by atoms with E-state index in [0.717, 1.165) is 18.9 Å². The van der Waals surface area contributed by atoms with Crippen LogP contribution in [0.5, 0.6) is 5.75 Å². The number of hydrogen-bond acceptors (Lipinski definition) is 2. The molecule has 1 aromatic carbocycles. The lowest BCUT2D eigenvalue weighted by Gasteiger charge is -2.05. The molecule has 3 heteroatoms. The van der Waals surface area contributed by atoms with E-state index in [2.05, 4.69) is 22.9 Å². The zero-order chi connectivity index (χ0) is 10.7. The van der Waals surface area contributed by atoms with Crippen molar-refractivity contribution in [3.8, 4) is 5.75 Å². The van der Waals surface area contributed by atoms with E-state index in [1.807, 2.05) is 12.1 Å². The first-order valence-corrected chi connectivity index (χ1v) is 4.97. The van der Waals surface area contributed by atoms with Gasteiger partial charge in [0.1, 0.15) is 5.75 Å². The molecule has 0 radical (unpaired) electrons. The van der Waals surface area contributed by atoms with Crippen LogP contribution in [0, 0.1) is 0 Å². The Balaban J connectivity index is 2.38. The second-order valence-electron chi connectivity index (χ2n) is 3.43. The molecular weight excluding hydrogens is 190 g/mol. The van der Waals surface area contributed by atoms with E-state index in [0.29, 0.717) is 0 Å². The van der Waals surface area contributed by atoms with Gasteiger partial charge in [-0.15, -0.1) is 0 Å². The summed E-state index contributed by atoms with van der Waals surface area (Å²) in [5.74, 6) is 0.889. The summed E-state index contributed by atoms with van der Waals surface area (Å²) in [5.41, 5.74) is 1.19. The second kappa shape index (κ2) is 4.36. The Labute approximate surface area is 89.2 Å². The lowest BCUT2D eigenvalue weighted by Crippen LogP contribution is -2.02. The topological polar surface area (TPSA) is 23.4 Å². The van der Waals surface area contributed by atoms with Gasteiger partial charge in [-0.3, -0.25) is 0 Å². The zero-order valence-corrected chi connectivity index (χ0v) is 9.06. The third-order valence-corrected chi connectivity index (χ3v) is 2.52. The summed E-state index contributed by atoms with van der Waals surface area (Å²) in [6, 6.07) is 8.19. The lowest BCUT2D eigenvalue weighted by molar-refractivity contribution is 0.188. The molecule has 1 aromatic heterocycles. The third kappa shape index (κ3) is 1.97. The first kappa shape index (κ1) is 10.1. The first-order chi connectivity index (χ1) is 7.35. The normalized spacial score (nSPS) is 10.8. The standard InChI is InChI=1S/C12H15NO2/c1-14-8-7-13-6-5-10-3-4-11(15-2)9-12(10)13/h3-6,9H,7-8H2,1-2H3. The SMILES string of the molecule is COCCn1ccc2ccc(OC)cc21. The van der Waals surface area contributed by atoms with Crippen molar-refractivity contribution in [2.45, 2.75) is 6.54 Å². The molecule has 0 fully saturated rings.